The fourth-order valence-electron chi connectivity index (χ4n) is 3.77. The van der Waals surface area contributed by atoms with E-state index in [0.29, 0.717) is 11.7 Å². The third-order valence-corrected chi connectivity index (χ3v) is 5.52. The van der Waals surface area contributed by atoms with Crippen molar-refractivity contribution in [1.29, 1.82) is 0 Å². The maximum Gasteiger partial charge on any atom is 0.133 e. The zero-order chi connectivity index (χ0) is 14.8. The van der Waals surface area contributed by atoms with E-state index in [-0.39, 0.29) is 6.04 Å². The Hall–Kier alpha value is -0.620. The smallest absolute Gasteiger partial charge is 0.133 e. The number of piperazine rings is 1. The van der Waals surface area contributed by atoms with Crippen LogP contribution in [0.15, 0.2) is 6.33 Å². The standard InChI is InChI=1S/C15H26ClN5/c1-19-11-18-14(15(19)16)13(10-17)21-8-6-20(7-9-21)12-4-2-3-5-12/h11-13H,2-10,17H2,1H3. The highest BCUT2D eigenvalue weighted by atomic mass is 35.5. The predicted molar refractivity (Wildman–Crippen MR) is 85.4 cm³/mol. The van der Waals surface area contributed by atoms with Gasteiger partial charge in [0.05, 0.1) is 18.1 Å². The number of aryl methyl sites for hydroxylation is 1. The van der Waals surface area contributed by atoms with Crippen LogP contribution in [-0.2, 0) is 7.05 Å². The maximum absolute atomic E-state index is 6.34. The van der Waals surface area contributed by atoms with E-state index in [1.165, 1.54) is 25.7 Å². The Morgan fingerprint density at radius 2 is 1.95 bits per heavy atom. The van der Waals surface area contributed by atoms with Gasteiger partial charge in [-0.1, -0.05) is 24.4 Å². The van der Waals surface area contributed by atoms with Gasteiger partial charge in [-0.05, 0) is 12.8 Å². The van der Waals surface area contributed by atoms with Crippen LogP contribution in [0, 0.1) is 0 Å². The molecule has 0 spiro atoms. The van der Waals surface area contributed by atoms with Gasteiger partial charge in [0, 0.05) is 45.8 Å². The Labute approximate surface area is 132 Å². The minimum Gasteiger partial charge on any atom is -0.329 e. The molecule has 2 aliphatic rings. The summed E-state index contributed by atoms with van der Waals surface area (Å²) in [6, 6.07) is 0.964. The Balaban J connectivity index is 1.63. The van der Waals surface area contributed by atoms with Crippen molar-refractivity contribution in [2.24, 2.45) is 12.8 Å². The third kappa shape index (κ3) is 3.11. The molecule has 0 radical (unpaired) electrons. The highest BCUT2D eigenvalue weighted by molar-refractivity contribution is 6.30. The van der Waals surface area contributed by atoms with Gasteiger partial charge in [0.25, 0.3) is 0 Å². The van der Waals surface area contributed by atoms with Crippen molar-refractivity contribution >= 4 is 11.6 Å². The summed E-state index contributed by atoms with van der Waals surface area (Å²) >= 11 is 6.34. The molecule has 0 bridgehead atoms. The van der Waals surface area contributed by atoms with E-state index < -0.39 is 0 Å². The van der Waals surface area contributed by atoms with Crippen LogP contribution in [0.1, 0.15) is 37.4 Å². The van der Waals surface area contributed by atoms with Crippen LogP contribution < -0.4 is 5.73 Å². The molecular weight excluding hydrogens is 286 g/mol. The second-order valence-corrected chi connectivity index (χ2v) is 6.65. The molecule has 1 aromatic heterocycles. The van der Waals surface area contributed by atoms with Crippen molar-refractivity contribution in [3.8, 4) is 0 Å². The normalized spacial score (nSPS) is 23.8. The molecule has 1 saturated heterocycles. The molecule has 1 unspecified atom stereocenters. The van der Waals surface area contributed by atoms with Gasteiger partial charge in [-0.15, -0.1) is 0 Å². The number of rotatable bonds is 4. The zero-order valence-corrected chi connectivity index (χ0v) is 13.6. The van der Waals surface area contributed by atoms with E-state index in [2.05, 4.69) is 14.8 Å². The van der Waals surface area contributed by atoms with Crippen molar-refractivity contribution < 1.29 is 0 Å². The van der Waals surface area contributed by atoms with Gasteiger partial charge in [0.15, 0.2) is 0 Å². The van der Waals surface area contributed by atoms with E-state index in [1.54, 1.807) is 6.33 Å². The molecule has 1 aliphatic carbocycles. The molecule has 0 aromatic carbocycles. The number of nitrogens with two attached hydrogens (primary N) is 1. The number of aromatic nitrogens is 2. The van der Waals surface area contributed by atoms with Gasteiger partial charge < -0.3 is 10.3 Å². The number of nitrogens with zero attached hydrogens (tertiary/aromatic N) is 4. The third-order valence-electron chi connectivity index (χ3n) is 5.06. The number of hydrogen-bond donors (Lipinski definition) is 1. The van der Waals surface area contributed by atoms with Gasteiger partial charge in [0.1, 0.15) is 5.15 Å². The van der Waals surface area contributed by atoms with Crippen LogP contribution in [0.2, 0.25) is 5.15 Å². The minimum absolute atomic E-state index is 0.143. The van der Waals surface area contributed by atoms with Crippen molar-refractivity contribution in [3.63, 3.8) is 0 Å². The summed E-state index contributed by atoms with van der Waals surface area (Å²) in [5.41, 5.74) is 6.93. The van der Waals surface area contributed by atoms with Crippen molar-refractivity contribution in [1.82, 2.24) is 19.4 Å². The maximum atomic E-state index is 6.34. The Kier molecular flexibility index (Phi) is 4.84. The Bertz CT molecular complexity index is 461. The molecule has 118 valence electrons. The number of imidazole rings is 1. The molecule has 1 aromatic rings. The summed E-state index contributed by atoms with van der Waals surface area (Å²) in [4.78, 5) is 9.56. The van der Waals surface area contributed by atoms with Gasteiger partial charge in [0.2, 0.25) is 0 Å². The summed E-state index contributed by atoms with van der Waals surface area (Å²) in [5, 5.41) is 0.712. The molecule has 21 heavy (non-hydrogen) atoms. The van der Waals surface area contributed by atoms with E-state index in [0.717, 1.165) is 37.9 Å². The summed E-state index contributed by atoms with van der Waals surface area (Å²) in [6.45, 7) is 4.98. The van der Waals surface area contributed by atoms with Crippen molar-refractivity contribution in [2.45, 2.75) is 37.8 Å². The van der Waals surface area contributed by atoms with Gasteiger partial charge >= 0.3 is 0 Å². The lowest BCUT2D eigenvalue weighted by atomic mass is 10.1. The average molecular weight is 312 g/mol. The van der Waals surface area contributed by atoms with Crippen LogP contribution in [-0.4, -0.2) is 58.1 Å². The first kappa shape index (κ1) is 15.3. The number of halogens is 1. The SMILES string of the molecule is Cn1cnc(C(CN)N2CCN(C3CCCC3)CC2)c1Cl. The van der Waals surface area contributed by atoms with Crippen LogP contribution in [0.4, 0.5) is 0 Å². The van der Waals surface area contributed by atoms with E-state index >= 15 is 0 Å². The second-order valence-electron chi connectivity index (χ2n) is 6.29. The Morgan fingerprint density at radius 3 is 2.48 bits per heavy atom. The summed E-state index contributed by atoms with van der Waals surface area (Å²) in [5.74, 6) is 0. The second kappa shape index (κ2) is 6.65. The molecule has 3 rings (SSSR count). The molecule has 1 aliphatic heterocycles. The van der Waals surface area contributed by atoms with Crippen molar-refractivity contribution in [3.05, 3.63) is 17.2 Å². The van der Waals surface area contributed by atoms with Gasteiger partial charge in [-0.3, -0.25) is 9.80 Å². The fourth-order valence-corrected chi connectivity index (χ4v) is 3.99. The molecule has 1 saturated carbocycles. The summed E-state index contributed by atoms with van der Waals surface area (Å²) in [7, 11) is 1.92. The molecule has 2 fully saturated rings. The highest BCUT2D eigenvalue weighted by Crippen LogP contribution is 2.28. The van der Waals surface area contributed by atoms with Gasteiger partial charge in [-0.2, -0.15) is 0 Å². The van der Waals surface area contributed by atoms with E-state index in [4.69, 9.17) is 17.3 Å². The summed E-state index contributed by atoms with van der Waals surface area (Å²) in [6.07, 6.45) is 7.34. The molecule has 0 amide bonds. The largest absolute Gasteiger partial charge is 0.329 e. The molecule has 2 N–H and O–H groups in total. The van der Waals surface area contributed by atoms with E-state index in [1.807, 2.05) is 11.6 Å². The van der Waals surface area contributed by atoms with Crippen LogP contribution in [0.5, 0.6) is 0 Å². The highest BCUT2D eigenvalue weighted by Gasteiger charge is 2.30. The van der Waals surface area contributed by atoms with Gasteiger partial charge in [-0.25, -0.2) is 4.98 Å². The fraction of sp³-hybridized carbons (Fsp3) is 0.800. The monoisotopic (exact) mass is 311 g/mol. The minimum atomic E-state index is 0.143. The van der Waals surface area contributed by atoms with Crippen LogP contribution in [0.25, 0.3) is 0 Å². The average Bonchev–Trinajstić information content (AvgIpc) is 3.14. The lowest BCUT2D eigenvalue weighted by Crippen LogP contribution is -2.51. The summed E-state index contributed by atoms with van der Waals surface area (Å²) < 4.78 is 1.86. The quantitative estimate of drug-likeness (QED) is 0.918. The van der Waals surface area contributed by atoms with Crippen LogP contribution >= 0.6 is 11.6 Å². The topological polar surface area (TPSA) is 50.3 Å². The first-order valence-corrected chi connectivity index (χ1v) is 8.43. The van der Waals surface area contributed by atoms with E-state index in [9.17, 15) is 0 Å². The Morgan fingerprint density at radius 1 is 1.29 bits per heavy atom. The molecule has 5 nitrogen and oxygen atoms in total. The van der Waals surface area contributed by atoms with Crippen molar-refractivity contribution in [2.75, 3.05) is 32.7 Å². The van der Waals surface area contributed by atoms with Crippen LogP contribution in [0.3, 0.4) is 0 Å². The molecule has 1 atom stereocenters. The lowest BCUT2D eigenvalue weighted by Gasteiger charge is -2.41. The molecule has 6 heteroatoms. The lowest BCUT2D eigenvalue weighted by molar-refractivity contribution is 0.0711. The number of hydrogen-bond acceptors (Lipinski definition) is 4. The zero-order valence-electron chi connectivity index (χ0n) is 12.8. The molecular formula is C15H26ClN5. The first-order valence-electron chi connectivity index (χ1n) is 8.05. The predicted octanol–water partition coefficient (Wildman–Crippen LogP) is 1.63. The first-order chi connectivity index (χ1) is 10.2. The molecule has 2 heterocycles.